The topological polar surface area (TPSA) is 44.5 Å². The summed E-state index contributed by atoms with van der Waals surface area (Å²) in [6.45, 7) is 0.633. The van der Waals surface area contributed by atoms with E-state index in [0.717, 1.165) is 34.5 Å². The van der Waals surface area contributed by atoms with Crippen molar-refractivity contribution in [3.63, 3.8) is 0 Å². The molecule has 0 fully saturated rings. The van der Waals surface area contributed by atoms with Crippen LogP contribution < -0.4 is 15.2 Å². The van der Waals surface area contributed by atoms with Gasteiger partial charge in [0, 0.05) is 5.69 Å². The second kappa shape index (κ2) is 7.20. The number of ether oxygens (including phenoxy) is 2. The van der Waals surface area contributed by atoms with Crippen molar-refractivity contribution in [3.8, 4) is 11.5 Å². The first-order valence-electron chi connectivity index (χ1n) is 6.50. The van der Waals surface area contributed by atoms with Gasteiger partial charge >= 0.3 is 0 Å². The van der Waals surface area contributed by atoms with Crippen LogP contribution in [-0.2, 0) is 6.42 Å². The average Bonchev–Trinajstić information content (AvgIpc) is 2.45. The van der Waals surface area contributed by atoms with Gasteiger partial charge in [-0.3, -0.25) is 0 Å². The SMILES string of the molecule is COc1cccc(Br)c1OCCCc1cccc(N)c1. The molecule has 0 aliphatic heterocycles. The Morgan fingerprint density at radius 2 is 1.95 bits per heavy atom. The molecule has 4 heteroatoms. The molecular weight excluding hydrogens is 318 g/mol. The Labute approximate surface area is 127 Å². The summed E-state index contributed by atoms with van der Waals surface area (Å²) in [7, 11) is 1.64. The van der Waals surface area contributed by atoms with Gasteiger partial charge in [-0.05, 0) is 58.6 Å². The molecule has 0 bridgehead atoms. The van der Waals surface area contributed by atoms with Gasteiger partial charge in [-0.25, -0.2) is 0 Å². The molecular formula is C16H18BrNO2. The maximum absolute atomic E-state index is 5.81. The van der Waals surface area contributed by atoms with Crippen LogP contribution in [0.5, 0.6) is 11.5 Å². The normalized spacial score (nSPS) is 10.3. The van der Waals surface area contributed by atoms with Gasteiger partial charge in [-0.2, -0.15) is 0 Å². The number of hydrogen-bond donors (Lipinski definition) is 1. The van der Waals surface area contributed by atoms with Crippen LogP contribution in [0.25, 0.3) is 0 Å². The predicted octanol–water partition coefficient (Wildman–Crippen LogP) is 4.05. The van der Waals surface area contributed by atoms with Crippen LogP contribution in [-0.4, -0.2) is 13.7 Å². The number of nitrogens with two attached hydrogens (primary N) is 1. The van der Waals surface area contributed by atoms with Crippen LogP contribution in [0, 0.1) is 0 Å². The molecule has 20 heavy (non-hydrogen) atoms. The molecule has 0 aliphatic carbocycles. The van der Waals surface area contributed by atoms with E-state index in [1.165, 1.54) is 5.56 Å². The van der Waals surface area contributed by atoms with Crippen molar-refractivity contribution < 1.29 is 9.47 Å². The van der Waals surface area contributed by atoms with E-state index in [2.05, 4.69) is 22.0 Å². The highest BCUT2D eigenvalue weighted by molar-refractivity contribution is 9.10. The molecule has 0 heterocycles. The number of para-hydroxylation sites is 1. The van der Waals surface area contributed by atoms with Gasteiger partial charge in [-0.1, -0.05) is 18.2 Å². The summed E-state index contributed by atoms with van der Waals surface area (Å²) >= 11 is 3.47. The molecule has 2 aromatic carbocycles. The Hall–Kier alpha value is -1.68. The van der Waals surface area contributed by atoms with Gasteiger partial charge in [0.1, 0.15) is 0 Å². The van der Waals surface area contributed by atoms with E-state index >= 15 is 0 Å². The molecule has 2 N–H and O–H groups in total. The van der Waals surface area contributed by atoms with Crippen LogP contribution >= 0.6 is 15.9 Å². The lowest BCUT2D eigenvalue weighted by Gasteiger charge is -2.12. The standard InChI is InChI=1S/C16H18BrNO2/c1-19-15-9-3-8-14(17)16(15)20-10-4-6-12-5-2-7-13(18)11-12/h2-3,5,7-9,11H,4,6,10,18H2,1H3. The van der Waals surface area contributed by atoms with Gasteiger partial charge in [0.15, 0.2) is 11.5 Å². The Morgan fingerprint density at radius 3 is 2.70 bits per heavy atom. The molecule has 2 rings (SSSR count). The lowest BCUT2D eigenvalue weighted by Crippen LogP contribution is -2.02. The fourth-order valence-electron chi connectivity index (χ4n) is 1.99. The molecule has 3 nitrogen and oxygen atoms in total. The molecule has 0 saturated heterocycles. The highest BCUT2D eigenvalue weighted by atomic mass is 79.9. The minimum atomic E-state index is 0.633. The molecule has 106 valence electrons. The van der Waals surface area contributed by atoms with Crippen LogP contribution in [0.15, 0.2) is 46.9 Å². The monoisotopic (exact) mass is 335 g/mol. The van der Waals surface area contributed by atoms with Crippen molar-refractivity contribution in [2.45, 2.75) is 12.8 Å². The molecule has 0 atom stereocenters. The van der Waals surface area contributed by atoms with Gasteiger partial charge in [0.25, 0.3) is 0 Å². The smallest absolute Gasteiger partial charge is 0.175 e. The zero-order valence-electron chi connectivity index (χ0n) is 11.4. The van der Waals surface area contributed by atoms with Crippen molar-refractivity contribution >= 4 is 21.6 Å². The average molecular weight is 336 g/mol. The maximum Gasteiger partial charge on any atom is 0.175 e. The maximum atomic E-state index is 5.81. The summed E-state index contributed by atoms with van der Waals surface area (Å²) in [5, 5.41) is 0. The van der Waals surface area contributed by atoms with E-state index in [1.54, 1.807) is 7.11 Å². The minimum Gasteiger partial charge on any atom is -0.493 e. The molecule has 0 radical (unpaired) electrons. The number of hydrogen-bond acceptors (Lipinski definition) is 3. The number of benzene rings is 2. The highest BCUT2D eigenvalue weighted by Gasteiger charge is 2.08. The van der Waals surface area contributed by atoms with Crippen LogP contribution in [0.1, 0.15) is 12.0 Å². The number of nitrogen functional groups attached to an aromatic ring is 1. The van der Waals surface area contributed by atoms with Crippen molar-refractivity contribution in [1.82, 2.24) is 0 Å². The second-order valence-electron chi connectivity index (χ2n) is 4.47. The Balaban J connectivity index is 1.87. The number of rotatable bonds is 6. The van der Waals surface area contributed by atoms with Crippen molar-refractivity contribution in [2.75, 3.05) is 19.5 Å². The third-order valence-electron chi connectivity index (χ3n) is 2.96. The Kier molecular flexibility index (Phi) is 5.30. The zero-order valence-corrected chi connectivity index (χ0v) is 13.0. The lowest BCUT2D eigenvalue weighted by atomic mass is 10.1. The van der Waals surface area contributed by atoms with Crippen LogP contribution in [0.4, 0.5) is 5.69 Å². The highest BCUT2D eigenvalue weighted by Crippen LogP contribution is 2.34. The number of anilines is 1. The fraction of sp³-hybridized carbons (Fsp3) is 0.250. The lowest BCUT2D eigenvalue weighted by molar-refractivity contribution is 0.287. The molecule has 0 unspecified atom stereocenters. The van der Waals surface area contributed by atoms with E-state index < -0.39 is 0 Å². The van der Waals surface area contributed by atoms with Crippen LogP contribution in [0.3, 0.4) is 0 Å². The molecule has 0 amide bonds. The van der Waals surface area contributed by atoms with Crippen molar-refractivity contribution in [1.29, 1.82) is 0 Å². The summed E-state index contributed by atoms with van der Waals surface area (Å²) in [5.74, 6) is 1.49. The van der Waals surface area contributed by atoms with Gasteiger partial charge in [0.05, 0.1) is 18.2 Å². The quantitative estimate of drug-likeness (QED) is 0.639. The third kappa shape index (κ3) is 3.90. The molecule has 0 spiro atoms. The van der Waals surface area contributed by atoms with Gasteiger partial charge in [0.2, 0.25) is 0 Å². The summed E-state index contributed by atoms with van der Waals surface area (Å²) in [5.41, 5.74) is 7.79. The van der Waals surface area contributed by atoms with Crippen LogP contribution in [0.2, 0.25) is 0 Å². The summed E-state index contributed by atoms with van der Waals surface area (Å²) < 4.78 is 12.0. The molecule has 0 aliphatic rings. The van der Waals surface area contributed by atoms with Gasteiger partial charge in [-0.15, -0.1) is 0 Å². The number of halogens is 1. The first-order valence-corrected chi connectivity index (χ1v) is 7.29. The first kappa shape index (κ1) is 14.7. The summed E-state index contributed by atoms with van der Waals surface area (Å²) in [6.07, 6.45) is 1.87. The Bertz CT molecular complexity index is 572. The van der Waals surface area contributed by atoms with Crippen molar-refractivity contribution in [3.05, 3.63) is 52.5 Å². The fourth-order valence-corrected chi connectivity index (χ4v) is 2.45. The van der Waals surface area contributed by atoms with E-state index in [-0.39, 0.29) is 0 Å². The summed E-state index contributed by atoms with van der Waals surface area (Å²) in [6, 6.07) is 13.7. The number of aryl methyl sites for hydroxylation is 1. The van der Waals surface area contributed by atoms with E-state index in [0.29, 0.717) is 6.61 Å². The number of methoxy groups -OCH3 is 1. The predicted molar refractivity (Wildman–Crippen MR) is 85.4 cm³/mol. The van der Waals surface area contributed by atoms with Crippen molar-refractivity contribution in [2.24, 2.45) is 0 Å². The van der Waals surface area contributed by atoms with E-state index in [9.17, 15) is 0 Å². The van der Waals surface area contributed by atoms with Gasteiger partial charge < -0.3 is 15.2 Å². The van der Waals surface area contributed by atoms with E-state index in [4.69, 9.17) is 15.2 Å². The molecule has 0 aromatic heterocycles. The second-order valence-corrected chi connectivity index (χ2v) is 5.32. The first-order chi connectivity index (χ1) is 9.70. The minimum absolute atomic E-state index is 0.633. The Morgan fingerprint density at radius 1 is 1.15 bits per heavy atom. The molecule has 2 aromatic rings. The third-order valence-corrected chi connectivity index (χ3v) is 3.58. The molecule has 0 saturated carbocycles. The summed E-state index contributed by atoms with van der Waals surface area (Å²) in [4.78, 5) is 0. The largest absolute Gasteiger partial charge is 0.493 e. The van der Waals surface area contributed by atoms with E-state index in [1.807, 2.05) is 36.4 Å². The zero-order chi connectivity index (χ0) is 14.4.